The Hall–Kier alpha value is -1.78. The third-order valence-electron chi connectivity index (χ3n) is 2.39. The lowest BCUT2D eigenvalue weighted by Gasteiger charge is -2.17. The van der Waals surface area contributed by atoms with Gasteiger partial charge in [-0.2, -0.15) is 0 Å². The van der Waals surface area contributed by atoms with Gasteiger partial charge in [-0.15, -0.1) is 0 Å². The number of nitrogen functional groups attached to an aromatic ring is 1. The molecule has 0 aromatic carbocycles. The van der Waals surface area contributed by atoms with E-state index in [9.17, 15) is 4.79 Å². The van der Waals surface area contributed by atoms with E-state index in [1.807, 2.05) is 0 Å². The Morgan fingerprint density at radius 3 is 2.59 bits per heavy atom. The number of rotatable bonds is 5. The predicted octanol–water partition coefficient (Wildman–Crippen LogP) is 1.61. The normalized spacial score (nSPS) is 12.5. The molecule has 5 heteroatoms. The van der Waals surface area contributed by atoms with Crippen molar-refractivity contribution < 1.29 is 4.79 Å². The second-order valence-electron chi connectivity index (χ2n) is 4.67. The molecular weight excluding hydrogens is 216 g/mol. The number of anilines is 2. The molecule has 1 amide bonds. The van der Waals surface area contributed by atoms with Crippen LogP contribution >= 0.6 is 0 Å². The highest BCUT2D eigenvalue weighted by atomic mass is 16.1. The Kier molecular flexibility index (Phi) is 4.31. The van der Waals surface area contributed by atoms with Gasteiger partial charge in [0.1, 0.15) is 11.5 Å². The van der Waals surface area contributed by atoms with Crippen LogP contribution < -0.4 is 16.8 Å². The van der Waals surface area contributed by atoms with E-state index in [0.717, 1.165) is 6.42 Å². The SMILES string of the molecule is CC(C)CC(C)Nc1nc(C(N)=O)ccc1N. The van der Waals surface area contributed by atoms with Crippen LogP contribution in [0.4, 0.5) is 11.5 Å². The van der Waals surface area contributed by atoms with Crippen LogP contribution in [-0.2, 0) is 0 Å². The quantitative estimate of drug-likeness (QED) is 0.724. The number of carbonyl (C=O) groups is 1. The fraction of sp³-hybridized carbons (Fsp3) is 0.500. The third kappa shape index (κ3) is 3.94. The van der Waals surface area contributed by atoms with Gasteiger partial charge in [0.15, 0.2) is 0 Å². The van der Waals surface area contributed by atoms with Gasteiger partial charge in [-0.1, -0.05) is 13.8 Å². The van der Waals surface area contributed by atoms with E-state index in [1.165, 1.54) is 6.07 Å². The fourth-order valence-electron chi connectivity index (χ4n) is 1.72. The largest absolute Gasteiger partial charge is 0.396 e. The van der Waals surface area contributed by atoms with Gasteiger partial charge in [0.05, 0.1) is 5.69 Å². The maximum atomic E-state index is 11.0. The molecule has 1 heterocycles. The number of hydrogen-bond acceptors (Lipinski definition) is 4. The molecule has 1 unspecified atom stereocenters. The first kappa shape index (κ1) is 13.3. The second-order valence-corrected chi connectivity index (χ2v) is 4.67. The highest BCUT2D eigenvalue weighted by Gasteiger charge is 2.10. The topological polar surface area (TPSA) is 94.0 Å². The highest BCUT2D eigenvalue weighted by Crippen LogP contribution is 2.18. The maximum absolute atomic E-state index is 11.0. The van der Waals surface area contributed by atoms with E-state index < -0.39 is 5.91 Å². The minimum atomic E-state index is -0.551. The monoisotopic (exact) mass is 236 g/mol. The summed E-state index contributed by atoms with van der Waals surface area (Å²) in [7, 11) is 0. The summed E-state index contributed by atoms with van der Waals surface area (Å²) in [5.74, 6) is 0.553. The van der Waals surface area contributed by atoms with Crippen LogP contribution in [-0.4, -0.2) is 16.9 Å². The van der Waals surface area contributed by atoms with Crippen LogP contribution in [0.3, 0.4) is 0 Å². The summed E-state index contributed by atoms with van der Waals surface area (Å²) < 4.78 is 0. The number of amides is 1. The lowest BCUT2D eigenvalue weighted by atomic mass is 10.1. The van der Waals surface area contributed by atoms with Gasteiger partial charge in [0.25, 0.3) is 5.91 Å². The third-order valence-corrected chi connectivity index (χ3v) is 2.39. The molecule has 0 aliphatic rings. The number of nitrogens with one attached hydrogen (secondary N) is 1. The van der Waals surface area contributed by atoms with E-state index in [0.29, 0.717) is 17.4 Å². The van der Waals surface area contributed by atoms with Crippen molar-refractivity contribution in [2.24, 2.45) is 11.7 Å². The number of nitrogens with zero attached hydrogens (tertiary/aromatic N) is 1. The summed E-state index contributed by atoms with van der Waals surface area (Å²) in [5, 5.41) is 3.19. The maximum Gasteiger partial charge on any atom is 0.267 e. The zero-order valence-corrected chi connectivity index (χ0v) is 10.5. The van der Waals surface area contributed by atoms with Crippen molar-refractivity contribution >= 4 is 17.4 Å². The summed E-state index contributed by atoms with van der Waals surface area (Å²) in [4.78, 5) is 15.1. The van der Waals surface area contributed by atoms with Crippen LogP contribution in [0.15, 0.2) is 12.1 Å². The van der Waals surface area contributed by atoms with Crippen LogP contribution in [0.2, 0.25) is 0 Å². The zero-order chi connectivity index (χ0) is 13.0. The lowest BCUT2D eigenvalue weighted by Crippen LogP contribution is -2.21. The van der Waals surface area contributed by atoms with Crippen molar-refractivity contribution in [3.63, 3.8) is 0 Å². The van der Waals surface area contributed by atoms with Crippen molar-refractivity contribution in [3.05, 3.63) is 17.8 Å². The highest BCUT2D eigenvalue weighted by molar-refractivity contribution is 5.91. The van der Waals surface area contributed by atoms with Crippen LogP contribution in [0.1, 0.15) is 37.7 Å². The Labute approximate surface area is 102 Å². The summed E-state index contributed by atoms with van der Waals surface area (Å²) in [6.45, 7) is 6.35. The number of nitrogens with two attached hydrogens (primary N) is 2. The first-order valence-electron chi connectivity index (χ1n) is 5.73. The van der Waals surface area contributed by atoms with E-state index in [2.05, 4.69) is 31.1 Å². The molecule has 0 saturated carbocycles. The Balaban J connectivity index is 2.82. The molecule has 0 aliphatic heterocycles. The Morgan fingerprint density at radius 2 is 2.06 bits per heavy atom. The van der Waals surface area contributed by atoms with E-state index in [-0.39, 0.29) is 11.7 Å². The number of aromatic nitrogens is 1. The van der Waals surface area contributed by atoms with Gasteiger partial charge in [0, 0.05) is 6.04 Å². The van der Waals surface area contributed by atoms with Crippen molar-refractivity contribution in [3.8, 4) is 0 Å². The number of carbonyl (C=O) groups excluding carboxylic acids is 1. The van der Waals surface area contributed by atoms with Gasteiger partial charge >= 0.3 is 0 Å². The van der Waals surface area contributed by atoms with Crippen LogP contribution in [0, 0.1) is 5.92 Å². The molecule has 1 aromatic rings. The van der Waals surface area contributed by atoms with Crippen molar-refractivity contribution in [1.82, 2.24) is 4.98 Å². The van der Waals surface area contributed by atoms with Crippen molar-refractivity contribution in [2.75, 3.05) is 11.1 Å². The first-order valence-corrected chi connectivity index (χ1v) is 5.73. The Bertz CT molecular complexity index is 403. The molecule has 0 spiro atoms. The first-order chi connectivity index (χ1) is 7.90. The molecule has 5 N–H and O–H groups in total. The van der Waals surface area contributed by atoms with E-state index in [1.54, 1.807) is 6.07 Å². The minimum Gasteiger partial charge on any atom is -0.396 e. The molecule has 1 rings (SSSR count). The average molecular weight is 236 g/mol. The minimum absolute atomic E-state index is 0.221. The molecule has 1 aromatic heterocycles. The standard InChI is InChI=1S/C12H20N4O/c1-7(2)6-8(3)15-12-9(13)4-5-10(16-12)11(14)17/h4-5,7-8H,6,13H2,1-3H3,(H2,14,17)(H,15,16). The predicted molar refractivity (Wildman–Crippen MR) is 69.7 cm³/mol. The molecule has 0 saturated heterocycles. The fourth-order valence-corrected chi connectivity index (χ4v) is 1.72. The second kappa shape index (κ2) is 5.52. The van der Waals surface area contributed by atoms with Gasteiger partial charge in [0.2, 0.25) is 0 Å². The molecule has 17 heavy (non-hydrogen) atoms. The number of primary amides is 1. The molecule has 0 bridgehead atoms. The van der Waals surface area contributed by atoms with Crippen LogP contribution in [0.5, 0.6) is 0 Å². The van der Waals surface area contributed by atoms with Gasteiger partial charge < -0.3 is 16.8 Å². The average Bonchev–Trinajstić information content (AvgIpc) is 2.19. The molecule has 0 fully saturated rings. The number of hydrogen-bond donors (Lipinski definition) is 3. The lowest BCUT2D eigenvalue weighted by molar-refractivity contribution is 0.0995. The van der Waals surface area contributed by atoms with E-state index >= 15 is 0 Å². The molecular formula is C12H20N4O. The molecule has 94 valence electrons. The number of pyridine rings is 1. The van der Waals surface area contributed by atoms with Gasteiger partial charge in [-0.05, 0) is 31.4 Å². The van der Waals surface area contributed by atoms with Crippen molar-refractivity contribution in [1.29, 1.82) is 0 Å². The van der Waals surface area contributed by atoms with Gasteiger partial charge in [-0.3, -0.25) is 4.79 Å². The Morgan fingerprint density at radius 1 is 1.41 bits per heavy atom. The molecule has 1 atom stereocenters. The molecule has 5 nitrogen and oxygen atoms in total. The smallest absolute Gasteiger partial charge is 0.267 e. The summed E-state index contributed by atoms with van der Waals surface area (Å²) in [6, 6.07) is 3.40. The van der Waals surface area contributed by atoms with E-state index in [4.69, 9.17) is 11.5 Å². The summed E-state index contributed by atoms with van der Waals surface area (Å²) in [5.41, 5.74) is 11.7. The van der Waals surface area contributed by atoms with Crippen molar-refractivity contribution in [2.45, 2.75) is 33.2 Å². The molecule has 0 aliphatic carbocycles. The zero-order valence-electron chi connectivity index (χ0n) is 10.5. The summed E-state index contributed by atoms with van der Waals surface area (Å²) >= 11 is 0. The molecule has 0 radical (unpaired) electrons. The van der Waals surface area contributed by atoms with Crippen LogP contribution in [0.25, 0.3) is 0 Å². The summed E-state index contributed by atoms with van der Waals surface area (Å²) in [6.07, 6.45) is 1.00. The van der Waals surface area contributed by atoms with Gasteiger partial charge in [-0.25, -0.2) is 4.98 Å².